The van der Waals surface area contributed by atoms with Gasteiger partial charge in [0.1, 0.15) is 11.5 Å². The SMILES string of the molecule is COc1cccc(OC(C)C(=O)Nc2ccccc2C(F)(F)F)c1. The highest BCUT2D eigenvalue weighted by molar-refractivity contribution is 5.94. The number of alkyl halides is 3. The number of para-hydroxylation sites is 1. The summed E-state index contributed by atoms with van der Waals surface area (Å²) >= 11 is 0. The third-order valence-corrected chi connectivity index (χ3v) is 3.21. The Morgan fingerprint density at radius 1 is 1.08 bits per heavy atom. The van der Waals surface area contributed by atoms with Crippen LogP contribution in [0.2, 0.25) is 0 Å². The van der Waals surface area contributed by atoms with Gasteiger partial charge in [0.2, 0.25) is 0 Å². The van der Waals surface area contributed by atoms with E-state index in [1.54, 1.807) is 24.3 Å². The Morgan fingerprint density at radius 2 is 1.75 bits per heavy atom. The van der Waals surface area contributed by atoms with Crippen molar-refractivity contribution in [2.24, 2.45) is 0 Å². The van der Waals surface area contributed by atoms with Crippen LogP contribution in [-0.4, -0.2) is 19.1 Å². The first-order valence-corrected chi connectivity index (χ1v) is 7.09. The molecule has 1 unspecified atom stereocenters. The zero-order valence-corrected chi connectivity index (χ0v) is 13.1. The monoisotopic (exact) mass is 339 g/mol. The van der Waals surface area contributed by atoms with Gasteiger partial charge >= 0.3 is 6.18 Å². The number of halogens is 3. The smallest absolute Gasteiger partial charge is 0.418 e. The number of carbonyl (C=O) groups excluding carboxylic acids is 1. The highest BCUT2D eigenvalue weighted by Gasteiger charge is 2.34. The van der Waals surface area contributed by atoms with Gasteiger partial charge in [-0.05, 0) is 31.2 Å². The lowest BCUT2D eigenvalue weighted by molar-refractivity contribution is -0.137. The van der Waals surface area contributed by atoms with Gasteiger partial charge in [0.25, 0.3) is 5.91 Å². The van der Waals surface area contributed by atoms with Crippen LogP contribution in [0.4, 0.5) is 18.9 Å². The third-order valence-electron chi connectivity index (χ3n) is 3.21. The van der Waals surface area contributed by atoms with Gasteiger partial charge in [-0.2, -0.15) is 13.2 Å². The Labute approximate surface area is 137 Å². The van der Waals surface area contributed by atoms with Crippen molar-refractivity contribution < 1.29 is 27.4 Å². The molecule has 2 aromatic rings. The maximum Gasteiger partial charge on any atom is 0.418 e. The van der Waals surface area contributed by atoms with Crippen LogP contribution < -0.4 is 14.8 Å². The minimum Gasteiger partial charge on any atom is -0.497 e. The summed E-state index contributed by atoms with van der Waals surface area (Å²) < 4.78 is 49.3. The number of ether oxygens (including phenoxy) is 2. The summed E-state index contributed by atoms with van der Waals surface area (Å²) in [4.78, 5) is 12.1. The van der Waals surface area contributed by atoms with Crippen molar-refractivity contribution in [2.75, 3.05) is 12.4 Å². The summed E-state index contributed by atoms with van der Waals surface area (Å²) in [5.41, 5.74) is -1.22. The molecule has 0 aliphatic heterocycles. The van der Waals surface area contributed by atoms with E-state index in [9.17, 15) is 18.0 Å². The fraction of sp³-hybridized carbons (Fsp3) is 0.235. The molecule has 0 radical (unpaired) electrons. The van der Waals surface area contributed by atoms with Crippen LogP contribution in [0.15, 0.2) is 48.5 Å². The molecule has 0 heterocycles. The number of rotatable bonds is 5. The van der Waals surface area contributed by atoms with E-state index in [-0.39, 0.29) is 5.69 Å². The van der Waals surface area contributed by atoms with Crippen molar-refractivity contribution in [2.45, 2.75) is 19.2 Å². The number of anilines is 1. The van der Waals surface area contributed by atoms with E-state index >= 15 is 0 Å². The van der Waals surface area contributed by atoms with Gasteiger partial charge < -0.3 is 14.8 Å². The molecule has 0 spiro atoms. The fourth-order valence-electron chi connectivity index (χ4n) is 2.01. The van der Waals surface area contributed by atoms with Gasteiger partial charge in [-0.3, -0.25) is 4.79 Å². The normalized spacial score (nSPS) is 12.4. The predicted molar refractivity (Wildman–Crippen MR) is 83.2 cm³/mol. The van der Waals surface area contributed by atoms with Gasteiger partial charge in [-0.25, -0.2) is 0 Å². The van der Waals surface area contributed by atoms with Crippen LogP contribution in [-0.2, 0) is 11.0 Å². The number of hydrogen-bond acceptors (Lipinski definition) is 3. The summed E-state index contributed by atoms with van der Waals surface area (Å²) in [7, 11) is 1.49. The van der Waals surface area contributed by atoms with E-state index in [2.05, 4.69) is 5.32 Å². The molecule has 0 aromatic heterocycles. The van der Waals surface area contributed by atoms with Crippen molar-refractivity contribution >= 4 is 11.6 Å². The van der Waals surface area contributed by atoms with Crippen LogP contribution in [0.5, 0.6) is 11.5 Å². The molecular formula is C17H16F3NO3. The maximum absolute atomic E-state index is 12.9. The first kappa shape index (κ1) is 17.7. The quantitative estimate of drug-likeness (QED) is 0.891. The van der Waals surface area contributed by atoms with Crippen molar-refractivity contribution in [3.8, 4) is 11.5 Å². The molecule has 2 rings (SSSR count). The van der Waals surface area contributed by atoms with Crippen molar-refractivity contribution in [1.29, 1.82) is 0 Å². The average Bonchev–Trinajstić information content (AvgIpc) is 2.54. The first-order chi connectivity index (χ1) is 11.3. The molecule has 0 fully saturated rings. The molecule has 0 aliphatic carbocycles. The largest absolute Gasteiger partial charge is 0.497 e. The highest BCUT2D eigenvalue weighted by atomic mass is 19.4. The summed E-state index contributed by atoms with van der Waals surface area (Å²) in [6.45, 7) is 1.45. The Kier molecular flexibility index (Phi) is 5.33. The predicted octanol–water partition coefficient (Wildman–Crippen LogP) is 4.12. The zero-order valence-electron chi connectivity index (χ0n) is 13.1. The van der Waals surface area contributed by atoms with Crippen LogP contribution >= 0.6 is 0 Å². The van der Waals surface area contributed by atoms with Crippen LogP contribution in [0, 0.1) is 0 Å². The fourth-order valence-corrected chi connectivity index (χ4v) is 2.01. The van der Waals surface area contributed by atoms with Crippen LogP contribution in [0.3, 0.4) is 0 Å². The van der Waals surface area contributed by atoms with Gasteiger partial charge in [-0.15, -0.1) is 0 Å². The zero-order chi connectivity index (χ0) is 17.7. The summed E-state index contributed by atoms with van der Waals surface area (Å²) in [6, 6.07) is 11.4. The maximum atomic E-state index is 12.9. The number of methoxy groups -OCH3 is 1. The highest BCUT2D eigenvalue weighted by Crippen LogP contribution is 2.34. The van der Waals surface area contributed by atoms with Crippen LogP contribution in [0.25, 0.3) is 0 Å². The Morgan fingerprint density at radius 3 is 2.42 bits per heavy atom. The lowest BCUT2D eigenvalue weighted by atomic mass is 10.1. The van der Waals surface area contributed by atoms with E-state index in [1.807, 2.05) is 0 Å². The molecule has 128 valence electrons. The van der Waals surface area contributed by atoms with Crippen LogP contribution in [0.1, 0.15) is 12.5 Å². The molecular weight excluding hydrogens is 323 g/mol. The van der Waals surface area contributed by atoms with Gasteiger partial charge in [0, 0.05) is 6.07 Å². The molecule has 0 saturated heterocycles. The molecule has 2 aromatic carbocycles. The standard InChI is InChI=1S/C17H16F3NO3/c1-11(24-13-7-5-6-12(10-13)23-2)16(22)21-15-9-4-3-8-14(15)17(18,19)20/h3-11H,1-2H3,(H,21,22). The molecule has 0 saturated carbocycles. The Balaban J connectivity index is 2.09. The van der Waals surface area contributed by atoms with E-state index < -0.39 is 23.8 Å². The first-order valence-electron chi connectivity index (χ1n) is 7.09. The molecule has 0 bridgehead atoms. The number of hydrogen-bond donors (Lipinski definition) is 1. The molecule has 0 aliphatic rings. The summed E-state index contributed by atoms with van der Waals surface area (Å²) in [5.74, 6) is 0.234. The topological polar surface area (TPSA) is 47.6 Å². The number of carbonyl (C=O) groups is 1. The molecule has 7 heteroatoms. The van der Waals surface area contributed by atoms with E-state index in [1.165, 1.54) is 32.2 Å². The van der Waals surface area contributed by atoms with E-state index in [0.717, 1.165) is 6.07 Å². The average molecular weight is 339 g/mol. The van der Waals surface area contributed by atoms with Crippen molar-refractivity contribution in [1.82, 2.24) is 0 Å². The third kappa shape index (κ3) is 4.41. The number of nitrogens with one attached hydrogen (secondary N) is 1. The van der Waals surface area contributed by atoms with Gasteiger partial charge in [0.05, 0.1) is 18.4 Å². The Bertz CT molecular complexity index is 716. The van der Waals surface area contributed by atoms with Crippen molar-refractivity contribution in [3.05, 3.63) is 54.1 Å². The minimum absolute atomic E-state index is 0.309. The molecule has 1 atom stereocenters. The molecule has 4 nitrogen and oxygen atoms in total. The Hall–Kier alpha value is -2.70. The minimum atomic E-state index is -4.55. The number of benzene rings is 2. The van der Waals surface area contributed by atoms with Gasteiger partial charge in [-0.1, -0.05) is 18.2 Å². The second kappa shape index (κ2) is 7.25. The second-order valence-electron chi connectivity index (χ2n) is 4.97. The summed E-state index contributed by atoms with van der Waals surface area (Å²) in [6.07, 6.45) is -5.54. The summed E-state index contributed by atoms with van der Waals surface area (Å²) in [5, 5.41) is 2.25. The number of amides is 1. The lowest BCUT2D eigenvalue weighted by Gasteiger charge is -2.17. The molecule has 1 N–H and O–H groups in total. The molecule has 24 heavy (non-hydrogen) atoms. The second-order valence-corrected chi connectivity index (χ2v) is 4.97. The van der Waals surface area contributed by atoms with E-state index in [4.69, 9.17) is 9.47 Å². The lowest BCUT2D eigenvalue weighted by Crippen LogP contribution is -2.31. The van der Waals surface area contributed by atoms with E-state index in [0.29, 0.717) is 11.5 Å². The van der Waals surface area contributed by atoms with Crippen molar-refractivity contribution in [3.63, 3.8) is 0 Å². The van der Waals surface area contributed by atoms with Gasteiger partial charge in [0.15, 0.2) is 6.10 Å². The molecule has 1 amide bonds.